The Kier molecular flexibility index (Phi) is 7.35. The SMILES string of the molecule is CCOCc1nc(NN)cc(NCC(CC)(CC)CO)n1. The molecule has 0 aromatic carbocycles. The van der Waals surface area contributed by atoms with Gasteiger partial charge in [-0.2, -0.15) is 0 Å². The third-order valence-electron chi connectivity index (χ3n) is 3.84. The van der Waals surface area contributed by atoms with Crippen LogP contribution in [0, 0.1) is 5.41 Å². The summed E-state index contributed by atoms with van der Waals surface area (Å²) >= 11 is 0. The topological polar surface area (TPSA) is 105 Å². The van der Waals surface area contributed by atoms with Crippen LogP contribution in [-0.4, -0.2) is 34.8 Å². The Bertz CT molecular complexity index is 416. The molecule has 0 aliphatic heterocycles. The molecule has 0 amide bonds. The van der Waals surface area contributed by atoms with Gasteiger partial charge < -0.3 is 20.6 Å². The molecule has 7 nitrogen and oxygen atoms in total. The summed E-state index contributed by atoms with van der Waals surface area (Å²) in [7, 11) is 0. The monoisotopic (exact) mass is 297 g/mol. The molecule has 1 aromatic rings. The standard InChI is InChI=1S/C14H27N5O2/c1-4-14(5-2,10-20)9-16-11-7-12(19-15)18-13(17-11)8-21-6-3/h7,20H,4-6,8-10,15H2,1-3H3,(H2,16,17,18,19). The van der Waals surface area contributed by atoms with Gasteiger partial charge in [-0.1, -0.05) is 13.8 Å². The molecule has 0 spiro atoms. The van der Waals surface area contributed by atoms with Crippen molar-refractivity contribution in [1.82, 2.24) is 9.97 Å². The molecular weight excluding hydrogens is 270 g/mol. The predicted octanol–water partition coefficient (Wildman–Crippen LogP) is 1.51. The number of hydrazine groups is 1. The zero-order valence-electron chi connectivity index (χ0n) is 13.1. The van der Waals surface area contributed by atoms with Gasteiger partial charge in [0.2, 0.25) is 0 Å². The van der Waals surface area contributed by atoms with E-state index in [-0.39, 0.29) is 12.0 Å². The molecule has 21 heavy (non-hydrogen) atoms. The molecule has 0 saturated carbocycles. The van der Waals surface area contributed by atoms with Crippen LogP contribution in [0.2, 0.25) is 0 Å². The first-order valence-corrected chi connectivity index (χ1v) is 7.40. The average molecular weight is 297 g/mol. The van der Waals surface area contributed by atoms with E-state index in [9.17, 15) is 5.11 Å². The first-order valence-electron chi connectivity index (χ1n) is 7.40. The van der Waals surface area contributed by atoms with Gasteiger partial charge in [0.1, 0.15) is 18.2 Å². The van der Waals surface area contributed by atoms with Crippen molar-refractivity contribution in [3.05, 3.63) is 11.9 Å². The normalized spacial score (nSPS) is 11.5. The molecule has 0 aliphatic rings. The van der Waals surface area contributed by atoms with Crippen LogP contribution in [0.15, 0.2) is 6.07 Å². The summed E-state index contributed by atoms with van der Waals surface area (Å²) in [6.45, 7) is 7.81. The summed E-state index contributed by atoms with van der Waals surface area (Å²) in [5, 5.41) is 12.9. The second-order valence-corrected chi connectivity index (χ2v) is 5.05. The van der Waals surface area contributed by atoms with E-state index >= 15 is 0 Å². The Hall–Kier alpha value is -1.44. The van der Waals surface area contributed by atoms with E-state index in [2.05, 4.69) is 34.6 Å². The molecule has 0 unspecified atom stereocenters. The summed E-state index contributed by atoms with van der Waals surface area (Å²) in [4.78, 5) is 8.63. The lowest BCUT2D eigenvalue weighted by Gasteiger charge is -2.29. The molecule has 1 aromatic heterocycles. The third kappa shape index (κ3) is 5.11. The van der Waals surface area contributed by atoms with Gasteiger partial charge in [0.05, 0.1) is 6.61 Å². The highest BCUT2D eigenvalue weighted by Crippen LogP contribution is 2.26. The molecule has 7 heteroatoms. The van der Waals surface area contributed by atoms with Crippen LogP contribution < -0.4 is 16.6 Å². The molecule has 0 atom stereocenters. The Morgan fingerprint density at radius 1 is 1.24 bits per heavy atom. The lowest BCUT2D eigenvalue weighted by Crippen LogP contribution is -2.32. The zero-order chi connectivity index (χ0) is 15.7. The van der Waals surface area contributed by atoms with Gasteiger partial charge in [0.25, 0.3) is 0 Å². The number of nitrogen functional groups attached to an aromatic ring is 1. The van der Waals surface area contributed by atoms with Crippen molar-refractivity contribution in [2.45, 2.75) is 40.2 Å². The molecule has 120 valence electrons. The fourth-order valence-electron chi connectivity index (χ4n) is 1.98. The van der Waals surface area contributed by atoms with Gasteiger partial charge in [-0.3, -0.25) is 0 Å². The van der Waals surface area contributed by atoms with Crippen molar-refractivity contribution in [3.63, 3.8) is 0 Å². The maximum absolute atomic E-state index is 9.60. The molecule has 0 radical (unpaired) electrons. The van der Waals surface area contributed by atoms with Crippen LogP contribution in [0.4, 0.5) is 11.6 Å². The number of hydrogen-bond donors (Lipinski definition) is 4. The minimum absolute atomic E-state index is 0.138. The molecule has 1 heterocycles. The number of ether oxygens (including phenoxy) is 1. The maximum Gasteiger partial charge on any atom is 0.158 e. The van der Waals surface area contributed by atoms with Crippen molar-refractivity contribution in [1.29, 1.82) is 0 Å². The smallest absolute Gasteiger partial charge is 0.158 e. The highest BCUT2D eigenvalue weighted by Gasteiger charge is 2.25. The quantitative estimate of drug-likeness (QED) is 0.383. The van der Waals surface area contributed by atoms with Gasteiger partial charge in [-0.15, -0.1) is 0 Å². The molecular formula is C14H27N5O2. The van der Waals surface area contributed by atoms with Crippen LogP contribution in [0.5, 0.6) is 0 Å². The highest BCUT2D eigenvalue weighted by molar-refractivity contribution is 5.47. The van der Waals surface area contributed by atoms with Crippen LogP contribution in [0.1, 0.15) is 39.4 Å². The first-order chi connectivity index (χ1) is 10.1. The Morgan fingerprint density at radius 2 is 1.90 bits per heavy atom. The van der Waals surface area contributed by atoms with Crippen LogP contribution in [0.25, 0.3) is 0 Å². The maximum atomic E-state index is 9.60. The number of hydrogen-bond acceptors (Lipinski definition) is 7. The number of aromatic nitrogens is 2. The molecule has 0 aliphatic carbocycles. The van der Waals surface area contributed by atoms with Crippen molar-refractivity contribution >= 4 is 11.6 Å². The molecule has 1 rings (SSSR count). The lowest BCUT2D eigenvalue weighted by molar-refractivity contribution is 0.126. The average Bonchev–Trinajstić information content (AvgIpc) is 2.54. The van der Waals surface area contributed by atoms with E-state index in [1.54, 1.807) is 6.07 Å². The summed E-state index contributed by atoms with van der Waals surface area (Å²) in [5.74, 6) is 7.20. The van der Waals surface area contributed by atoms with Gasteiger partial charge in [0, 0.05) is 24.6 Å². The zero-order valence-corrected chi connectivity index (χ0v) is 13.1. The highest BCUT2D eigenvalue weighted by atomic mass is 16.5. The minimum atomic E-state index is -0.138. The fraction of sp³-hybridized carbons (Fsp3) is 0.714. The Morgan fingerprint density at radius 3 is 2.43 bits per heavy atom. The number of nitrogens with zero attached hydrogens (tertiary/aromatic N) is 2. The Labute approximate surface area is 126 Å². The van der Waals surface area contributed by atoms with Crippen molar-refractivity contribution in [2.24, 2.45) is 11.3 Å². The largest absolute Gasteiger partial charge is 0.396 e. The first kappa shape index (κ1) is 17.6. The summed E-state index contributed by atoms with van der Waals surface area (Å²) in [5.41, 5.74) is 2.39. The van der Waals surface area contributed by atoms with Crippen molar-refractivity contribution < 1.29 is 9.84 Å². The van der Waals surface area contributed by atoms with E-state index in [1.807, 2.05) is 6.92 Å². The molecule has 5 N–H and O–H groups in total. The van der Waals surface area contributed by atoms with E-state index < -0.39 is 0 Å². The van der Waals surface area contributed by atoms with Crippen LogP contribution in [0.3, 0.4) is 0 Å². The van der Waals surface area contributed by atoms with Crippen molar-refractivity contribution in [2.75, 3.05) is 30.5 Å². The van der Waals surface area contributed by atoms with Gasteiger partial charge in [0.15, 0.2) is 5.82 Å². The number of nitrogens with one attached hydrogen (secondary N) is 2. The molecule has 0 bridgehead atoms. The molecule has 0 saturated heterocycles. The van der Waals surface area contributed by atoms with Crippen LogP contribution in [-0.2, 0) is 11.3 Å². The van der Waals surface area contributed by atoms with E-state index in [0.29, 0.717) is 37.2 Å². The number of rotatable bonds is 10. The third-order valence-corrected chi connectivity index (χ3v) is 3.84. The van der Waals surface area contributed by atoms with Gasteiger partial charge in [-0.05, 0) is 19.8 Å². The summed E-state index contributed by atoms with van der Waals surface area (Å²) < 4.78 is 5.32. The number of anilines is 2. The van der Waals surface area contributed by atoms with Crippen LogP contribution >= 0.6 is 0 Å². The number of aliphatic hydroxyl groups excluding tert-OH is 1. The lowest BCUT2D eigenvalue weighted by atomic mass is 9.83. The second kappa shape index (κ2) is 8.76. The van der Waals surface area contributed by atoms with Gasteiger partial charge in [-0.25, -0.2) is 15.8 Å². The molecule has 0 fully saturated rings. The minimum Gasteiger partial charge on any atom is -0.396 e. The summed E-state index contributed by atoms with van der Waals surface area (Å²) in [6, 6.07) is 1.74. The van der Waals surface area contributed by atoms with E-state index in [4.69, 9.17) is 10.6 Å². The second-order valence-electron chi connectivity index (χ2n) is 5.05. The van der Waals surface area contributed by atoms with E-state index in [1.165, 1.54) is 0 Å². The van der Waals surface area contributed by atoms with E-state index in [0.717, 1.165) is 12.8 Å². The van der Waals surface area contributed by atoms with Crippen molar-refractivity contribution in [3.8, 4) is 0 Å². The predicted molar refractivity (Wildman–Crippen MR) is 83.8 cm³/mol. The van der Waals surface area contributed by atoms with Gasteiger partial charge >= 0.3 is 0 Å². The number of aliphatic hydroxyl groups is 1. The number of nitrogens with two attached hydrogens (primary N) is 1. The Balaban J connectivity index is 2.81. The fourth-order valence-corrected chi connectivity index (χ4v) is 1.98. The summed E-state index contributed by atoms with van der Waals surface area (Å²) in [6.07, 6.45) is 1.79.